The summed E-state index contributed by atoms with van der Waals surface area (Å²) in [7, 11) is -4.96. The zero-order valence-corrected chi connectivity index (χ0v) is 16.7. The molecule has 0 radical (unpaired) electrons. The van der Waals surface area contributed by atoms with E-state index in [9.17, 15) is 13.2 Å². The highest BCUT2D eigenvalue weighted by molar-refractivity contribution is 7.90. The largest absolute Gasteiger partial charge is 0.514 e. The third kappa shape index (κ3) is 3.84. The van der Waals surface area contributed by atoms with E-state index in [1.54, 1.807) is 48.5 Å². The molecule has 3 aromatic rings. The number of aryl methyl sites for hydroxylation is 1. The fourth-order valence-electron chi connectivity index (χ4n) is 3.48. The van der Waals surface area contributed by atoms with E-state index in [0.29, 0.717) is 5.46 Å². The molecule has 0 N–H and O–H groups in total. The Hall–Kier alpha value is -2.90. The molecule has 3 aromatic carbocycles. The molecule has 1 heterocycles. The van der Waals surface area contributed by atoms with Crippen LogP contribution in [0.3, 0.4) is 0 Å². The Morgan fingerprint density at radius 1 is 0.897 bits per heavy atom. The van der Waals surface area contributed by atoms with Crippen molar-refractivity contribution in [2.45, 2.75) is 24.3 Å². The molecule has 1 aliphatic rings. The number of carbonyl (C=O) groups excluding carboxylic acids is 1. The van der Waals surface area contributed by atoms with Crippen molar-refractivity contribution in [2.24, 2.45) is 0 Å². The minimum atomic E-state index is -3.97. The Labute approximate surface area is 171 Å². The summed E-state index contributed by atoms with van der Waals surface area (Å²) in [4.78, 5) is 12.9. The molecule has 1 atom stereocenters. The summed E-state index contributed by atoms with van der Waals surface area (Å²) in [5, 5.41) is 0. The van der Waals surface area contributed by atoms with Gasteiger partial charge in [-0.3, -0.25) is 4.79 Å². The monoisotopic (exact) mass is 405 g/mol. The molecule has 1 aliphatic heterocycles. The Kier molecular flexibility index (Phi) is 5.26. The maximum Gasteiger partial charge on any atom is 0.502 e. The number of rotatable bonds is 5. The lowest BCUT2D eigenvalue weighted by Crippen LogP contribution is -2.51. The van der Waals surface area contributed by atoms with Gasteiger partial charge in [-0.05, 0) is 36.5 Å². The molecule has 0 aromatic heterocycles. The number of benzene rings is 3. The van der Waals surface area contributed by atoms with Crippen LogP contribution in [-0.4, -0.2) is 31.7 Å². The molecule has 0 saturated carbocycles. The molecule has 1 unspecified atom stereocenters. The van der Waals surface area contributed by atoms with Crippen molar-refractivity contribution in [2.75, 3.05) is 0 Å². The van der Waals surface area contributed by atoms with Crippen LogP contribution >= 0.6 is 0 Å². The van der Waals surface area contributed by atoms with Gasteiger partial charge in [0.1, 0.15) is 6.04 Å². The molecule has 146 valence electrons. The molecular weight excluding hydrogens is 385 g/mol. The van der Waals surface area contributed by atoms with Gasteiger partial charge in [-0.25, -0.2) is 8.42 Å². The lowest BCUT2D eigenvalue weighted by molar-refractivity contribution is -0.134. The van der Waals surface area contributed by atoms with Crippen molar-refractivity contribution in [3.05, 3.63) is 96.1 Å². The maximum atomic E-state index is 13.6. The number of nitrogens with zero attached hydrogens (tertiary/aromatic N) is 1. The SMILES string of the molecule is Cc1ccc(S(=O)(=O)N2B(c3ccccc3)OC(=O)C2Cc2ccccc2)cc1. The van der Waals surface area contributed by atoms with Gasteiger partial charge in [0.05, 0.1) is 4.90 Å². The zero-order valence-electron chi connectivity index (χ0n) is 15.9. The van der Waals surface area contributed by atoms with Crippen LogP contribution in [0, 0.1) is 6.92 Å². The minimum absolute atomic E-state index is 0.139. The smallest absolute Gasteiger partial charge is 0.502 e. The average Bonchev–Trinajstić information content (AvgIpc) is 3.07. The van der Waals surface area contributed by atoms with Crippen LogP contribution in [0.4, 0.5) is 0 Å². The van der Waals surface area contributed by atoms with Crippen LogP contribution in [0.15, 0.2) is 89.8 Å². The van der Waals surface area contributed by atoms with Gasteiger partial charge in [0.25, 0.3) is 0 Å². The fraction of sp³-hybridized carbons (Fsp3) is 0.136. The van der Waals surface area contributed by atoms with Gasteiger partial charge in [-0.15, -0.1) is 0 Å². The topological polar surface area (TPSA) is 63.7 Å². The van der Waals surface area contributed by atoms with Crippen molar-refractivity contribution < 1.29 is 17.9 Å². The second-order valence-electron chi connectivity index (χ2n) is 7.05. The molecule has 5 nitrogen and oxygen atoms in total. The predicted octanol–water partition coefficient (Wildman–Crippen LogP) is 2.55. The van der Waals surface area contributed by atoms with E-state index < -0.39 is 29.1 Å². The second-order valence-corrected chi connectivity index (χ2v) is 8.90. The van der Waals surface area contributed by atoms with Gasteiger partial charge in [0.15, 0.2) is 0 Å². The summed E-state index contributed by atoms with van der Waals surface area (Å²) in [6, 6.07) is 24.0. The highest BCUT2D eigenvalue weighted by Crippen LogP contribution is 2.28. The number of hydrogen-bond donors (Lipinski definition) is 0. The van der Waals surface area contributed by atoms with E-state index in [0.717, 1.165) is 11.1 Å². The Morgan fingerprint density at radius 3 is 2.10 bits per heavy atom. The van der Waals surface area contributed by atoms with Crippen LogP contribution in [-0.2, 0) is 25.9 Å². The summed E-state index contributed by atoms with van der Waals surface area (Å²) in [5.41, 5.74) is 2.44. The summed E-state index contributed by atoms with van der Waals surface area (Å²) in [5.74, 6) is -0.543. The average molecular weight is 405 g/mol. The minimum Gasteiger partial charge on any atom is -0.514 e. The molecule has 0 bridgehead atoms. The lowest BCUT2D eigenvalue weighted by atomic mass is 9.74. The lowest BCUT2D eigenvalue weighted by Gasteiger charge is -2.24. The van der Waals surface area contributed by atoms with Gasteiger partial charge in [-0.2, -0.15) is 4.22 Å². The summed E-state index contributed by atoms with van der Waals surface area (Å²) in [6.07, 6.45) is 0.244. The molecule has 7 heteroatoms. The van der Waals surface area contributed by atoms with Gasteiger partial charge >= 0.3 is 13.0 Å². The third-order valence-electron chi connectivity index (χ3n) is 4.99. The van der Waals surface area contributed by atoms with E-state index in [1.807, 2.05) is 43.3 Å². The van der Waals surface area contributed by atoms with Gasteiger partial charge in [-0.1, -0.05) is 78.4 Å². The van der Waals surface area contributed by atoms with E-state index in [4.69, 9.17) is 4.65 Å². The van der Waals surface area contributed by atoms with Crippen molar-refractivity contribution in [1.82, 2.24) is 4.22 Å². The number of hydrogen-bond acceptors (Lipinski definition) is 4. The molecule has 0 amide bonds. The second kappa shape index (κ2) is 7.85. The Morgan fingerprint density at radius 2 is 1.48 bits per heavy atom. The van der Waals surface area contributed by atoms with Crippen molar-refractivity contribution in [3.8, 4) is 0 Å². The number of carbonyl (C=O) groups is 1. The predicted molar refractivity (Wildman–Crippen MR) is 112 cm³/mol. The molecule has 1 saturated heterocycles. The first-order valence-corrected chi connectivity index (χ1v) is 10.8. The van der Waals surface area contributed by atoms with Crippen LogP contribution in [0.25, 0.3) is 0 Å². The quantitative estimate of drug-likeness (QED) is 0.612. The zero-order chi connectivity index (χ0) is 20.4. The van der Waals surface area contributed by atoms with Crippen molar-refractivity contribution in [3.63, 3.8) is 0 Å². The van der Waals surface area contributed by atoms with E-state index in [-0.39, 0.29) is 11.3 Å². The van der Waals surface area contributed by atoms with E-state index >= 15 is 0 Å². The van der Waals surface area contributed by atoms with Gasteiger partial charge < -0.3 is 4.65 Å². The van der Waals surface area contributed by atoms with Crippen LogP contribution in [0.2, 0.25) is 0 Å². The molecule has 4 rings (SSSR count). The Bertz CT molecular complexity index is 1100. The first-order valence-electron chi connectivity index (χ1n) is 9.36. The standard InChI is InChI=1S/C22H20BNO4S/c1-17-12-14-20(15-13-17)29(26,27)24-21(16-18-8-4-2-5-9-18)22(25)28-23(24)19-10-6-3-7-11-19/h2-15,21H,16H2,1H3. The van der Waals surface area contributed by atoms with Gasteiger partial charge in [0.2, 0.25) is 10.0 Å². The van der Waals surface area contributed by atoms with Crippen LogP contribution < -0.4 is 5.46 Å². The van der Waals surface area contributed by atoms with Gasteiger partial charge in [0, 0.05) is 0 Å². The maximum absolute atomic E-state index is 13.6. The Balaban J connectivity index is 1.79. The first kappa shape index (κ1) is 19.4. The normalized spacial score (nSPS) is 17.3. The molecule has 0 aliphatic carbocycles. The summed E-state index contributed by atoms with van der Waals surface area (Å²) < 4.78 is 33.9. The van der Waals surface area contributed by atoms with Crippen molar-refractivity contribution >= 4 is 28.5 Å². The molecular formula is C22H20BNO4S. The first-order chi connectivity index (χ1) is 14.0. The van der Waals surface area contributed by atoms with E-state index in [2.05, 4.69) is 0 Å². The van der Waals surface area contributed by atoms with Crippen LogP contribution in [0.1, 0.15) is 11.1 Å². The molecule has 1 fully saturated rings. The highest BCUT2D eigenvalue weighted by Gasteiger charge is 2.53. The highest BCUT2D eigenvalue weighted by atomic mass is 32.2. The fourth-order valence-corrected chi connectivity index (χ4v) is 5.11. The summed E-state index contributed by atoms with van der Waals surface area (Å²) >= 11 is 0. The van der Waals surface area contributed by atoms with Crippen LogP contribution in [0.5, 0.6) is 0 Å². The summed E-state index contributed by atoms with van der Waals surface area (Å²) in [6.45, 7) is 1.89. The van der Waals surface area contributed by atoms with Crippen molar-refractivity contribution in [1.29, 1.82) is 0 Å². The number of sulfonamides is 1. The third-order valence-corrected chi connectivity index (χ3v) is 6.86. The molecule has 0 spiro atoms. The molecule has 29 heavy (non-hydrogen) atoms. The van der Waals surface area contributed by atoms with E-state index in [1.165, 1.54) is 4.22 Å².